The Labute approximate surface area is 109 Å². The van der Waals surface area contributed by atoms with Gasteiger partial charge in [-0.15, -0.1) is 0 Å². The second kappa shape index (κ2) is 6.92. The van der Waals surface area contributed by atoms with Crippen LogP contribution < -0.4 is 5.32 Å². The smallest absolute Gasteiger partial charge is 0.0346 e. The van der Waals surface area contributed by atoms with Crippen molar-refractivity contribution < 1.29 is 0 Å². The van der Waals surface area contributed by atoms with E-state index in [0.717, 1.165) is 19.5 Å². The van der Waals surface area contributed by atoms with Gasteiger partial charge in [0.1, 0.15) is 0 Å². The van der Waals surface area contributed by atoms with Crippen LogP contribution in [-0.2, 0) is 0 Å². The Balaban J connectivity index is 2.01. The van der Waals surface area contributed by atoms with Crippen LogP contribution in [0.15, 0.2) is 42.7 Å². The standard InChI is InChI=1S/C16H20N2/c1-2-10-17-11-6-5-8-15-13-18-12-14-7-3-4-9-16(14)15/h3-5,7-9,12-13,17H,2,6,10-11H2,1H3. The van der Waals surface area contributed by atoms with Gasteiger partial charge in [-0.1, -0.05) is 43.3 Å². The van der Waals surface area contributed by atoms with Gasteiger partial charge in [-0.05, 0) is 31.3 Å². The zero-order valence-electron chi connectivity index (χ0n) is 10.9. The fourth-order valence-electron chi connectivity index (χ4n) is 1.97. The van der Waals surface area contributed by atoms with Crippen molar-refractivity contribution in [1.29, 1.82) is 0 Å². The summed E-state index contributed by atoms with van der Waals surface area (Å²) in [5, 5.41) is 5.86. The molecule has 1 aromatic heterocycles. The largest absolute Gasteiger partial charge is 0.316 e. The minimum atomic E-state index is 1.04. The van der Waals surface area contributed by atoms with E-state index >= 15 is 0 Å². The number of fused-ring (bicyclic) bond motifs is 1. The van der Waals surface area contributed by atoms with Gasteiger partial charge in [-0.2, -0.15) is 0 Å². The SMILES string of the molecule is CCCNCCC=Cc1cncc2ccccc12. The summed E-state index contributed by atoms with van der Waals surface area (Å²) in [4.78, 5) is 4.27. The molecule has 0 aliphatic heterocycles. The van der Waals surface area contributed by atoms with Crippen molar-refractivity contribution in [2.24, 2.45) is 0 Å². The first-order chi connectivity index (χ1) is 8.92. The molecule has 2 heteroatoms. The Morgan fingerprint density at radius 2 is 2.06 bits per heavy atom. The zero-order chi connectivity index (χ0) is 12.6. The molecular weight excluding hydrogens is 220 g/mol. The molecule has 1 heterocycles. The van der Waals surface area contributed by atoms with Crippen molar-refractivity contribution in [1.82, 2.24) is 10.3 Å². The Morgan fingerprint density at radius 1 is 1.17 bits per heavy atom. The van der Waals surface area contributed by atoms with E-state index in [1.54, 1.807) is 0 Å². The third kappa shape index (κ3) is 3.41. The van der Waals surface area contributed by atoms with Crippen molar-refractivity contribution in [3.05, 3.63) is 48.3 Å². The molecule has 0 unspecified atom stereocenters. The summed E-state index contributed by atoms with van der Waals surface area (Å²) >= 11 is 0. The van der Waals surface area contributed by atoms with Crippen molar-refractivity contribution in [2.45, 2.75) is 19.8 Å². The zero-order valence-corrected chi connectivity index (χ0v) is 10.9. The summed E-state index contributed by atoms with van der Waals surface area (Å²) in [5.41, 5.74) is 1.20. The quantitative estimate of drug-likeness (QED) is 0.780. The summed E-state index contributed by atoms with van der Waals surface area (Å²) in [7, 11) is 0. The molecule has 94 valence electrons. The van der Waals surface area contributed by atoms with E-state index < -0.39 is 0 Å². The maximum Gasteiger partial charge on any atom is 0.0346 e. The van der Waals surface area contributed by atoms with E-state index in [1.807, 2.05) is 18.5 Å². The lowest BCUT2D eigenvalue weighted by atomic mass is 10.1. The minimum Gasteiger partial charge on any atom is -0.316 e. The van der Waals surface area contributed by atoms with E-state index in [4.69, 9.17) is 0 Å². The van der Waals surface area contributed by atoms with E-state index in [0.29, 0.717) is 0 Å². The average molecular weight is 240 g/mol. The molecule has 1 N–H and O–H groups in total. The molecule has 2 aromatic rings. The molecule has 0 saturated carbocycles. The first-order valence-corrected chi connectivity index (χ1v) is 6.62. The van der Waals surface area contributed by atoms with E-state index in [9.17, 15) is 0 Å². The second-order valence-electron chi connectivity index (χ2n) is 4.39. The number of pyridine rings is 1. The summed E-state index contributed by atoms with van der Waals surface area (Å²) in [5.74, 6) is 0. The molecule has 0 aliphatic carbocycles. The van der Waals surface area contributed by atoms with Gasteiger partial charge in [0.25, 0.3) is 0 Å². The van der Waals surface area contributed by atoms with Crippen molar-refractivity contribution in [3.63, 3.8) is 0 Å². The number of rotatable bonds is 6. The van der Waals surface area contributed by atoms with E-state index in [1.165, 1.54) is 22.8 Å². The molecule has 0 aliphatic rings. The Hall–Kier alpha value is -1.67. The predicted molar refractivity (Wildman–Crippen MR) is 78.6 cm³/mol. The normalized spacial score (nSPS) is 11.4. The molecule has 0 atom stereocenters. The van der Waals surface area contributed by atoms with Crippen LogP contribution in [0.3, 0.4) is 0 Å². The van der Waals surface area contributed by atoms with Crippen LogP contribution in [0.4, 0.5) is 0 Å². The van der Waals surface area contributed by atoms with Crippen LogP contribution in [0, 0.1) is 0 Å². The van der Waals surface area contributed by atoms with Gasteiger partial charge in [0.2, 0.25) is 0 Å². The fourth-order valence-corrected chi connectivity index (χ4v) is 1.97. The lowest BCUT2D eigenvalue weighted by Crippen LogP contribution is -2.14. The van der Waals surface area contributed by atoms with E-state index in [2.05, 4.69) is 47.6 Å². The van der Waals surface area contributed by atoms with Crippen LogP contribution in [0.2, 0.25) is 0 Å². The van der Waals surface area contributed by atoms with Gasteiger partial charge in [-0.3, -0.25) is 4.98 Å². The summed E-state index contributed by atoms with van der Waals surface area (Å²) in [6.07, 6.45) is 10.5. The maximum atomic E-state index is 4.27. The molecule has 0 amide bonds. The molecule has 0 radical (unpaired) electrons. The van der Waals surface area contributed by atoms with Gasteiger partial charge in [-0.25, -0.2) is 0 Å². The van der Waals surface area contributed by atoms with E-state index in [-0.39, 0.29) is 0 Å². The van der Waals surface area contributed by atoms with Crippen molar-refractivity contribution in [2.75, 3.05) is 13.1 Å². The minimum absolute atomic E-state index is 1.04. The highest BCUT2D eigenvalue weighted by atomic mass is 14.8. The van der Waals surface area contributed by atoms with Crippen LogP contribution in [-0.4, -0.2) is 18.1 Å². The van der Waals surface area contributed by atoms with Gasteiger partial charge in [0, 0.05) is 23.3 Å². The number of nitrogens with zero attached hydrogens (tertiary/aromatic N) is 1. The summed E-state index contributed by atoms with van der Waals surface area (Å²) in [6, 6.07) is 8.36. The number of nitrogens with one attached hydrogen (secondary N) is 1. The molecule has 0 saturated heterocycles. The number of benzene rings is 1. The second-order valence-corrected chi connectivity index (χ2v) is 4.39. The van der Waals surface area contributed by atoms with Crippen LogP contribution in [0.5, 0.6) is 0 Å². The molecule has 18 heavy (non-hydrogen) atoms. The lowest BCUT2D eigenvalue weighted by molar-refractivity contribution is 0.679. The lowest BCUT2D eigenvalue weighted by Gasteiger charge is -2.01. The maximum absolute atomic E-state index is 4.27. The third-order valence-electron chi connectivity index (χ3n) is 2.91. The van der Waals surface area contributed by atoms with Gasteiger partial charge in [0.05, 0.1) is 0 Å². The van der Waals surface area contributed by atoms with Crippen LogP contribution in [0.25, 0.3) is 16.8 Å². The number of hydrogen-bond acceptors (Lipinski definition) is 2. The summed E-state index contributed by atoms with van der Waals surface area (Å²) in [6.45, 7) is 4.33. The molecule has 0 bridgehead atoms. The Kier molecular flexibility index (Phi) is 4.91. The first-order valence-electron chi connectivity index (χ1n) is 6.62. The fraction of sp³-hybridized carbons (Fsp3) is 0.312. The van der Waals surface area contributed by atoms with Gasteiger partial charge >= 0.3 is 0 Å². The van der Waals surface area contributed by atoms with Gasteiger partial charge in [0.15, 0.2) is 0 Å². The molecule has 2 rings (SSSR count). The predicted octanol–water partition coefficient (Wildman–Crippen LogP) is 3.64. The monoisotopic (exact) mass is 240 g/mol. The first kappa shape index (κ1) is 12.8. The van der Waals surface area contributed by atoms with Crippen LogP contribution in [0.1, 0.15) is 25.3 Å². The molecule has 0 fully saturated rings. The highest BCUT2D eigenvalue weighted by molar-refractivity contribution is 5.89. The topological polar surface area (TPSA) is 24.9 Å². The Bertz CT molecular complexity index is 512. The number of hydrogen-bond donors (Lipinski definition) is 1. The van der Waals surface area contributed by atoms with Gasteiger partial charge < -0.3 is 5.32 Å². The Morgan fingerprint density at radius 3 is 2.94 bits per heavy atom. The summed E-state index contributed by atoms with van der Waals surface area (Å²) < 4.78 is 0. The van der Waals surface area contributed by atoms with Crippen LogP contribution >= 0.6 is 0 Å². The highest BCUT2D eigenvalue weighted by Gasteiger charge is 1.96. The third-order valence-corrected chi connectivity index (χ3v) is 2.91. The molecule has 0 spiro atoms. The average Bonchev–Trinajstić information content (AvgIpc) is 2.43. The molecule has 2 nitrogen and oxygen atoms in total. The van der Waals surface area contributed by atoms with Crippen molar-refractivity contribution >= 4 is 16.8 Å². The number of aromatic nitrogens is 1. The molecule has 1 aromatic carbocycles. The highest BCUT2D eigenvalue weighted by Crippen LogP contribution is 2.18. The molecular formula is C16H20N2. The van der Waals surface area contributed by atoms with Crippen molar-refractivity contribution in [3.8, 4) is 0 Å².